The van der Waals surface area contributed by atoms with E-state index in [4.69, 9.17) is 0 Å². The van der Waals surface area contributed by atoms with Crippen LogP contribution in [0.4, 0.5) is 0 Å². The Morgan fingerprint density at radius 1 is 1.50 bits per heavy atom. The molecule has 0 spiro atoms. The van der Waals surface area contributed by atoms with Crippen LogP contribution in [-0.4, -0.2) is 5.54 Å². The standard InChI is InChI=1S/C7H16N/c1-5-7(3,4)8-6-2/h6,8H,5H2,1-4H3. The van der Waals surface area contributed by atoms with Crippen molar-refractivity contribution in [3.8, 4) is 0 Å². The van der Waals surface area contributed by atoms with Crippen molar-refractivity contribution in [2.75, 3.05) is 0 Å². The number of nitrogens with one attached hydrogen (secondary N) is 1. The van der Waals surface area contributed by atoms with E-state index in [-0.39, 0.29) is 5.54 Å². The minimum atomic E-state index is 0.286. The second-order valence-corrected chi connectivity index (χ2v) is 2.67. The minimum absolute atomic E-state index is 0.286. The Hall–Kier alpha value is -0.0400. The maximum atomic E-state index is 3.25. The maximum Gasteiger partial charge on any atom is 0.0195 e. The van der Waals surface area contributed by atoms with Crippen molar-refractivity contribution in [3.05, 3.63) is 6.54 Å². The predicted octanol–water partition coefficient (Wildman–Crippen LogP) is 1.95. The highest BCUT2D eigenvalue weighted by molar-refractivity contribution is 4.77. The molecule has 1 radical (unpaired) electrons. The number of hydrogen-bond acceptors (Lipinski definition) is 1. The van der Waals surface area contributed by atoms with Gasteiger partial charge in [0.25, 0.3) is 0 Å². The molecule has 0 aromatic heterocycles. The van der Waals surface area contributed by atoms with Crippen LogP contribution in [0.15, 0.2) is 0 Å². The van der Waals surface area contributed by atoms with E-state index < -0.39 is 0 Å². The molecular formula is C7H16N. The van der Waals surface area contributed by atoms with Crippen molar-refractivity contribution >= 4 is 0 Å². The van der Waals surface area contributed by atoms with E-state index in [9.17, 15) is 0 Å². The molecule has 1 heteroatoms. The first-order valence-electron chi connectivity index (χ1n) is 3.18. The summed E-state index contributed by atoms with van der Waals surface area (Å²) < 4.78 is 0. The molecule has 0 aromatic rings. The van der Waals surface area contributed by atoms with Crippen LogP contribution in [0, 0.1) is 6.54 Å². The topological polar surface area (TPSA) is 12.0 Å². The molecule has 0 fully saturated rings. The van der Waals surface area contributed by atoms with Gasteiger partial charge < -0.3 is 5.32 Å². The molecule has 0 aliphatic rings. The van der Waals surface area contributed by atoms with Crippen LogP contribution in [0.1, 0.15) is 34.1 Å². The molecule has 0 aromatic carbocycles. The average Bonchev–Trinajstić information content (AvgIpc) is 1.67. The van der Waals surface area contributed by atoms with Gasteiger partial charge in [0.1, 0.15) is 0 Å². The van der Waals surface area contributed by atoms with E-state index in [2.05, 4.69) is 26.1 Å². The molecule has 0 unspecified atom stereocenters. The zero-order valence-corrected chi connectivity index (χ0v) is 6.28. The summed E-state index contributed by atoms with van der Waals surface area (Å²) in [5.41, 5.74) is 0.286. The lowest BCUT2D eigenvalue weighted by Crippen LogP contribution is -2.35. The molecular weight excluding hydrogens is 98.1 g/mol. The molecule has 8 heavy (non-hydrogen) atoms. The Labute approximate surface area is 52.5 Å². The Balaban J connectivity index is 3.37. The fraction of sp³-hybridized carbons (Fsp3) is 0.857. The van der Waals surface area contributed by atoms with E-state index in [1.165, 1.54) is 0 Å². The first kappa shape index (κ1) is 7.96. The Bertz CT molecular complexity index is 57.4. The molecule has 0 rings (SSSR count). The first-order valence-corrected chi connectivity index (χ1v) is 3.18. The van der Waals surface area contributed by atoms with Gasteiger partial charge in [-0.2, -0.15) is 0 Å². The third-order valence-electron chi connectivity index (χ3n) is 1.42. The summed E-state index contributed by atoms with van der Waals surface area (Å²) in [6, 6.07) is 0. The van der Waals surface area contributed by atoms with E-state index in [0.29, 0.717) is 0 Å². The van der Waals surface area contributed by atoms with Crippen LogP contribution in [0.3, 0.4) is 0 Å². The fourth-order valence-electron chi connectivity index (χ4n) is 0.493. The molecule has 0 atom stereocenters. The lowest BCUT2D eigenvalue weighted by molar-refractivity contribution is 0.411. The fourth-order valence-corrected chi connectivity index (χ4v) is 0.493. The highest BCUT2D eigenvalue weighted by Gasteiger charge is 2.10. The third-order valence-corrected chi connectivity index (χ3v) is 1.42. The number of hydrogen-bond donors (Lipinski definition) is 1. The average molecular weight is 114 g/mol. The summed E-state index contributed by atoms with van der Waals surface area (Å²) in [5.74, 6) is 0. The molecule has 0 saturated heterocycles. The quantitative estimate of drug-likeness (QED) is 0.591. The largest absolute Gasteiger partial charge is 0.308 e. The summed E-state index contributed by atoms with van der Waals surface area (Å²) in [5, 5.41) is 3.25. The van der Waals surface area contributed by atoms with Gasteiger partial charge in [-0.25, -0.2) is 0 Å². The Morgan fingerprint density at radius 3 is 2.12 bits per heavy atom. The van der Waals surface area contributed by atoms with E-state index in [1.807, 2.05) is 13.5 Å². The van der Waals surface area contributed by atoms with Crippen LogP contribution >= 0.6 is 0 Å². The SMILES string of the molecule is C[CH]NC(C)(C)CC. The van der Waals surface area contributed by atoms with Crippen LogP contribution in [0.25, 0.3) is 0 Å². The van der Waals surface area contributed by atoms with Gasteiger partial charge >= 0.3 is 0 Å². The minimum Gasteiger partial charge on any atom is -0.308 e. The van der Waals surface area contributed by atoms with Crippen molar-refractivity contribution in [3.63, 3.8) is 0 Å². The third kappa shape index (κ3) is 3.03. The van der Waals surface area contributed by atoms with Crippen LogP contribution in [0.5, 0.6) is 0 Å². The molecule has 1 nitrogen and oxygen atoms in total. The summed E-state index contributed by atoms with van der Waals surface area (Å²) in [7, 11) is 0. The summed E-state index contributed by atoms with van der Waals surface area (Å²) in [6.07, 6.45) is 1.16. The van der Waals surface area contributed by atoms with Gasteiger partial charge in [-0.05, 0) is 27.2 Å². The smallest absolute Gasteiger partial charge is 0.0195 e. The molecule has 0 heterocycles. The highest BCUT2D eigenvalue weighted by Crippen LogP contribution is 2.05. The van der Waals surface area contributed by atoms with Gasteiger partial charge in [0.05, 0.1) is 0 Å². The number of rotatable bonds is 3. The molecule has 0 aliphatic carbocycles. The molecule has 0 bridgehead atoms. The van der Waals surface area contributed by atoms with Gasteiger partial charge in [0.2, 0.25) is 0 Å². The Kier molecular flexibility index (Phi) is 3.06. The molecule has 1 N–H and O–H groups in total. The van der Waals surface area contributed by atoms with Crippen molar-refractivity contribution in [2.24, 2.45) is 0 Å². The lowest BCUT2D eigenvalue weighted by Gasteiger charge is -2.22. The second-order valence-electron chi connectivity index (χ2n) is 2.67. The summed E-state index contributed by atoms with van der Waals surface area (Å²) >= 11 is 0. The molecule has 0 saturated carbocycles. The van der Waals surface area contributed by atoms with Gasteiger partial charge in [-0.1, -0.05) is 6.92 Å². The first-order chi connectivity index (χ1) is 3.62. The van der Waals surface area contributed by atoms with Crippen LogP contribution < -0.4 is 5.32 Å². The van der Waals surface area contributed by atoms with Gasteiger partial charge in [-0.3, -0.25) is 0 Å². The van der Waals surface area contributed by atoms with Crippen molar-refractivity contribution in [2.45, 2.75) is 39.7 Å². The van der Waals surface area contributed by atoms with Gasteiger partial charge in [0, 0.05) is 12.1 Å². The Morgan fingerprint density at radius 2 is 2.00 bits per heavy atom. The highest BCUT2D eigenvalue weighted by atomic mass is 14.9. The summed E-state index contributed by atoms with van der Waals surface area (Å²) in [4.78, 5) is 0. The van der Waals surface area contributed by atoms with Crippen molar-refractivity contribution < 1.29 is 0 Å². The summed E-state index contributed by atoms with van der Waals surface area (Å²) in [6.45, 7) is 10.6. The molecule has 0 amide bonds. The van der Waals surface area contributed by atoms with E-state index in [1.54, 1.807) is 0 Å². The molecule has 0 aliphatic heterocycles. The monoisotopic (exact) mass is 114 g/mol. The van der Waals surface area contributed by atoms with Gasteiger partial charge in [-0.15, -0.1) is 0 Å². The van der Waals surface area contributed by atoms with Crippen molar-refractivity contribution in [1.29, 1.82) is 0 Å². The zero-order chi connectivity index (χ0) is 6.62. The zero-order valence-electron chi connectivity index (χ0n) is 6.28. The van der Waals surface area contributed by atoms with Gasteiger partial charge in [0.15, 0.2) is 0 Å². The normalized spacial score (nSPS) is 12.0. The van der Waals surface area contributed by atoms with Crippen LogP contribution in [-0.2, 0) is 0 Å². The predicted molar refractivity (Wildman–Crippen MR) is 37.5 cm³/mol. The second kappa shape index (κ2) is 3.08. The van der Waals surface area contributed by atoms with Crippen molar-refractivity contribution in [1.82, 2.24) is 5.32 Å². The lowest BCUT2D eigenvalue weighted by atomic mass is 10.0. The maximum absolute atomic E-state index is 3.25. The molecule has 49 valence electrons. The van der Waals surface area contributed by atoms with E-state index in [0.717, 1.165) is 6.42 Å². The van der Waals surface area contributed by atoms with Crippen LogP contribution in [0.2, 0.25) is 0 Å². The van der Waals surface area contributed by atoms with E-state index >= 15 is 0 Å².